The Kier molecular flexibility index (Phi) is 5.06. The van der Waals surface area contributed by atoms with Crippen molar-refractivity contribution in [2.45, 2.75) is 44.8 Å². The highest BCUT2D eigenvalue weighted by molar-refractivity contribution is 5.87. The van der Waals surface area contributed by atoms with Crippen LogP contribution < -0.4 is 5.32 Å². The molecule has 6 heteroatoms. The molecule has 2 aromatic carbocycles. The summed E-state index contributed by atoms with van der Waals surface area (Å²) in [5.74, 6) is -1.15. The Morgan fingerprint density at radius 2 is 1.63 bits per heavy atom. The van der Waals surface area contributed by atoms with Gasteiger partial charge in [0.05, 0.1) is 6.10 Å². The quantitative estimate of drug-likeness (QED) is 0.748. The van der Waals surface area contributed by atoms with Gasteiger partial charge in [0.25, 0.3) is 0 Å². The number of alkyl carbamates (subject to hydrolysis) is 1. The van der Waals surface area contributed by atoms with Gasteiger partial charge in [-0.3, -0.25) is 0 Å². The van der Waals surface area contributed by atoms with E-state index in [0.29, 0.717) is 6.61 Å². The number of nitrogens with one attached hydrogen (secondary N) is 1. The van der Waals surface area contributed by atoms with Crippen molar-refractivity contribution in [2.75, 3.05) is 13.2 Å². The van der Waals surface area contributed by atoms with Gasteiger partial charge in [-0.15, -0.1) is 0 Å². The van der Waals surface area contributed by atoms with E-state index in [1.54, 1.807) is 13.8 Å². The highest BCUT2D eigenvalue weighted by Gasteiger charge is 2.66. The van der Waals surface area contributed by atoms with Crippen LogP contribution in [0.2, 0.25) is 0 Å². The zero-order chi connectivity index (χ0) is 21.5. The van der Waals surface area contributed by atoms with Crippen molar-refractivity contribution in [3.63, 3.8) is 0 Å². The molecule has 2 aliphatic rings. The molecule has 0 spiro atoms. The molecule has 1 amide bonds. The van der Waals surface area contributed by atoms with Crippen LogP contribution in [0.5, 0.6) is 0 Å². The minimum Gasteiger partial charge on any atom is -0.479 e. The lowest BCUT2D eigenvalue weighted by atomic mass is 9.54. The van der Waals surface area contributed by atoms with E-state index in [-0.39, 0.29) is 25.0 Å². The lowest BCUT2D eigenvalue weighted by molar-refractivity contribution is -0.191. The summed E-state index contributed by atoms with van der Waals surface area (Å²) >= 11 is 0. The maximum atomic E-state index is 12.7. The van der Waals surface area contributed by atoms with Crippen molar-refractivity contribution >= 4 is 12.1 Å². The second-order valence-electron chi connectivity index (χ2n) is 8.53. The third kappa shape index (κ3) is 2.98. The van der Waals surface area contributed by atoms with E-state index in [2.05, 4.69) is 17.4 Å². The fraction of sp³-hybridized carbons (Fsp3) is 0.417. The van der Waals surface area contributed by atoms with Gasteiger partial charge < -0.3 is 19.9 Å². The second kappa shape index (κ2) is 7.43. The summed E-state index contributed by atoms with van der Waals surface area (Å²) in [5.41, 5.74) is 2.35. The molecule has 4 rings (SSSR count). The Bertz CT molecular complexity index is 940. The van der Waals surface area contributed by atoms with Crippen LogP contribution in [0.4, 0.5) is 4.79 Å². The largest absolute Gasteiger partial charge is 0.479 e. The standard InChI is InChI=1S/C24H27NO5/c1-4-29-20-13-24(21(26)27,23(20,2)3)25-22(28)30-14-19-17-11-7-5-9-15(17)16-10-6-8-12-18(16)19/h5-12,19-20H,4,13-14H2,1-3H3,(H,25,28)(H,26,27)/t20-,24-/m1/s1. The van der Waals surface area contributed by atoms with Crippen LogP contribution in [-0.4, -0.2) is 42.0 Å². The molecule has 0 unspecified atom stereocenters. The van der Waals surface area contributed by atoms with E-state index in [1.807, 2.05) is 43.3 Å². The number of benzene rings is 2. The van der Waals surface area contributed by atoms with Gasteiger partial charge >= 0.3 is 12.1 Å². The third-order valence-corrected chi connectivity index (χ3v) is 6.79. The summed E-state index contributed by atoms with van der Waals surface area (Å²) in [6, 6.07) is 16.2. The van der Waals surface area contributed by atoms with Crippen molar-refractivity contribution in [3.05, 3.63) is 59.7 Å². The van der Waals surface area contributed by atoms with E-state index in [1.165, 1.54) is 0 Å². The SMILES string of the molecule is CCO[C@@H]1C[C@@](NC(=O)OCC2c3ccccc3-c3ccccc32)(C(=O)O)C1(C)C. The Labute approximate surface area is 176 Å². The van der Waals surface area contributed by atoms with E-state index in [4.69, 9.17) is 9.47 Å². The Balaban J connectivity index is 1.49. The molecule has 0 radical (unpaired) electrons. The number of carbonyl (C=O) groups excluding carboxylic acids is 1. The zero-order valence-corrected chi connectivity index (χ0v) is 17.5. The molecule has 158 valence electrons. The number of hydrogen-bond donors (Lipinski definition) is 2. The maximum Gasteiger partial charge on any atom is 0.408 e. The van der Waals surface area contributed by atoms with Gasteiger partial charge in [-0.25, -0.2) is 9.59 Å². The highest BCUT2D eigenvalue weighted by atomic mass is 16.5. The Hall–Kier alpha value is -2.86. The first-order valence-corrected chi connectivity index (χ1v) is 10.3. The highest BCUT2D eigenvalue weighted by Crippen LogP contribution is 2.51. The molecule has 0 aliphatic heterocycles. The second-order valence-corrected chi connectivity index (χ2v) is 8.53. The van der Waals surface area contributed by atoms with Crippen molar-refractivity contribution in [2.24, 2.45) is 5.41 Å². The molecule has 0 heterocycles. The molecule has 0 aromatic heterocycles. The molecule has 30 heavy (non-hydrogen) atoms. The molecule has 1 fully saturated rings. The normalized spacial score (nSPS) is 23.8. The summed E-state index contributed by atoms with van der Waals surface area (Å²) in [5, 5.41) is 12.5. The maximum absolute atomic E-state index is 12.7. The first-order valence-electron chi connectivity index (χ1n) is 10.3. The lowest BCUT2D eigenvalue weighted by Gasteiger charge is -2.57. The number of carboxylic acids is 1. The van der Waals surface area contributed by atoms with E-state index >= 15 is 0 Å². The first kappa shape index (κ1) is 20.4. The van der Waals surface area contributed by atoms with E-state index in [0.717, 1.165) is 22.3 Å². The molecule has 6 nitrogen and oxygen atoms in total. The lowest BCUT2D eigenvalue weighted by Crippen LogP contribution is -2.76. The van der Waals surface area contributed by atoms with Crippen LogP contribution in [-0.2, 0) is 14.3 Å². The van der Waals surface area contributed by atoms with Gasteiger partial charge in [-0.2, -0.15) is 0 Å². The summed E-state index contributed by atoms with van der Waals surface area (Å²) in [7, 11) is 0. The minimum absolute atomic E-state index is 0.0745. The van der Waals surface area contributed by atoms with Gasteiger partial charge in [0.1, 0.15) is 6.61 Å². The molecule has 2 aromatic rings. The van der Waals surface area contributed by atoms with E-state index in [9.17, 15) is 14.7 Å². The zero-order valence-electron chi connectivity index (χ0n) is 17.5. The minimum atomic E-state index is -1.41. The van der Waals surface area contributed by atoms with Gasteiger partial charge in [-0.05, 0) is 29.2 Å². The summed E-state index contributed by atoms with van der Waals surface area (Å²) < 4.78 is 11.2. The first-order chi connectivity index (χ1) is 14.3. The summed E-state index contributed by atoms with van der Waals surface area (Å²) in [4.78, 5) is 24.7. The van der Waals surface area contributed by atoms with Crippen LogP contribution in [0, 0.1) is 5.41 Å². The van der Waals surface area contributed by atoms with Crippen molar-refractivity contribution in [1.29, 1.82) is 0 Å². The number of fused-ring (bicyclic) bond motifs is 3. The van der Waals surface area contributed by atoms with Crippen LogP contribution in [0.1, 0.15) is 44.2 Å². The van der Waals surface area contributed by atoms with Crippen LogP contribution in [0.25, 0.3) is 11.1 Å². The number of ether oxygens (including phenoxy) is 2. The monoisotopic (exact) mass is 409 g/mol. The molecule has 0 saturated heterocycles. The van der Waals surface area contributed by atoms with Gasteiger partial charge in [-0.1, -0.05) is 62.4 Å². The number of carbonyl (C=O) groups is 2. The van der Waals surface area contributed by atoms with Gasteiger partial charge in [0.2, 0.25) is 0 Å². The number of aliphatic carboxylic acids is 1. The van der Waals surface area contributed by atoms with Crippen molar-refractivity contribution in [1.82, 2.24) is 5.32 Å². The topological polar surface area (TPSA) is 84.9 Å². The average molecular weight is 409 g/mol. The fourth-order valence-corrected chi connectivity index (χ4v) is 4.85. The van der Waals surface area contributed by atoms with Crippen LogP contribution in [0.3, 0.4) is 0 Å². The average Bonchev–Trinajstić information content (AvgIpc) is 3.05. The third-order valence-electron chi connectivity index (χ3n) is 6.79. The molecule has 0 bridgehead atoms. The fourth-order valence-electron chi connectivity index (χ4n) is 4.85. The number of rotatable bonds is 6. The number of carboxylic acid groups (broad SMARTS) is 1. The summed E-state index contributed by atoms with van der Waals surface area (Å²) in [6.45, 7) is 6.11. The molecule has 2 aliphatic carbocycles. The molecule has 2 atom stereocenters. The Morgan fingerprint density at radius 3 is 2.13 bits per heavy atom. The molecular weight excluding hydrogens is 382 g/mol. The molecule has 2 N–H and O–H groups in total. The number of hydrogen-bond acceptors (Lipinski definition) is 4. The van der Waals surface area contributed by atoms with Gasteiger partial charge in [0.15, 0.2) is 5.54 Å². The van der Waals surface area contributed by atoms with E-state index < -0.39 is 23.0 Å². The Morgan fingerprint density at radius 1 is 1.07 bits per heavy atom. The van der Waals surface area contributed by atoms with Crippen molar-refractivity contribution in [3.8, 4) is 11.1 Å². The van der Waals surface area contributed by atoms with Gasteiger partial charge in [0, 0.05) is 24.4 Å². The predicted molar refractivity (Wildman–Crippen MR) is 112 cm³/mol. The number of amides is 1. The molecular formula is C24H27NO5. The van der Waals surface area contributed by atoms with Crippen LogP contribution in [0.15, 0.2) is 48.5 Å². The van der Waals surface area contributed by atoms with Crippen LogP contribution >= 0.6 is 0 Å². The summed E-state index contributed by atoms with van der Waals surface area (Å²) in [6.07, 6.45) is -0.734. The predicted octanol–water partition coefficient (Wildman–Crippen LogP) is 4.18. The van der Waals surface area contributed by atoms with Crippen molar-refractivity contribution < 1.29 is 24.2 Å². The molecule has 1 saturated carbocycles. The smallest absolute Gasteiger partial charge is 0.408 e.